The molecule has 0 saturated carbocycles. The third-order valence-electron chi connectivity index (χ3n) is 4.65. The van der Waals surface area contributed by atoms with E-state index in [-0.39, 0.29) is 22.9 Å². The zero-order chi connectivity index (χ0) is 17.3. The highest BCUT2D eigenvalue weighted by Crippen LogP contribution is 2.29. The Bertz CT molecular complexity index is 509. The minimum absolute atomic E-state index is 0.131. The van der Waals surface area contributed by atoms with Crippen molar-refractivity contribution in [2.24, 2.45) is 0 Å². The van der Waals surface area contributed by atoms with Crippen molar-refractivity contribution in [2.45, 2.75) is 63.7 Å². The van der Waals surface area contributed by atoms with Gasteiger partial charge in [0.1, 0.15) is 5.82 Å². The average Bonchev–Trinajstić information content (AvgIpc) is 2.34. The minimum atomic E-state index is -0.168. The summed E-state index contributed by atoms with van der Waals surface area (Å²) in [6.07, 6.45) is 2.19. The van der Waals surface area contributed by atoms with Gasteiger partial charge in [-0.05, 0) is 72.3 Å². The molecule has 1 heterocycles. The molecule has 0 spiro atoms. The summed E-state index contributed by atoms with van der Waals surface area (Å²) >= 11 is 0. The first-order valence-corrected chi connectivity index (χ1v) is 8.53. The van der Waals surface area contributed by atoms with E-state index in [4.69, 9.17) is 0 Å². The molecule has 2 rings (SSSR count). The number of rotatable bonds is 5. The fraction of sp³-hybridized carbons (Fsp3) is 0.684. The predicted molar refractivity (Wildman–Crippen MR) is 95.1 cm³/mol. The molecule has 0 aromatic heterocycles. The number of hydrogen-bond acceptors (Lipinski definition) is 3. The fourth-order valence-corrected chi connectivity index (χ4v) is 4.06. The van der Waals surface area contributed by atoms with Gasteiger partial charge in [0, 0.05) is 29.7 Å². The summed E-state index contributed by atoms with van der Waals surface area (Å²) < 4.78 is 13.5. The number of benzene rings is 1. The van der Waals surface area contributed by atoms with Crippen LogP contribution in [0.15, 0.2) is 24.3 Å². The third kappa shape index (κ3) is 5.27. The first-order chi connectivity index (χ1) is 10.6. The second-order valence-corrected chi connectivity index (χ2v) is 8.44. The Morgan fingerprint density at radius 2 is 1.83 bits per heavy atom. The summed E-state index contributed by atoms with van der Waals surface area (Å²) in [6.45, 7) is 9.88. The molecule has 3 nitrogen and oxygen atoms in total. The number of piperidine rings is 1. The molecule has 1 aromatic carbocycles. The van der Waals surface area contributed by atoms with E-state index >= 15 is 0 Å². The Hall–Kier alpha value is -0.970. The van der Waals surface area contributed by atoms with E-state index < -0.39 is 0 Å². The minimum Gasteiger partial charge on any atom is -0.312 e. The lowest BCUT2D eigenvalue weighted by Gasteiger charge is -2.47. The number of nitrogens with zero attached hydrogens (tertiary/aromatic N) is 1. The summed E-state index contributed by atoms with van der Waals surface area (Å²) in [6, 6.07) is 7.58. The van der Waals surface area contributed by atoms with Gasteiger partial charge < -0.3 is 15.5 Å². The molecule has 1 saturated heterocycles. The van der Waals surface area contributed by atoms with Crippen LogP contribution >= 0.6 is 0 Å². The van der Waals surface area contributed by atoms with Crippen LogP contribution in [-0.2, 0) is 0 Å². The lowest BCUT2D eigenvalue weighted by atomic mass is 9.79. The van der Waals surface area contributed by atoms with Gasteiger partial charge >= 0.3 is 0 Å². The first kappa shape index (κ1) is 18.4. The molecule has 0 amide bonds. The Morgan fingerprint density at radius 3 is 2.35 bits per heavy atom. The molecule has 1 aliphatic rings. The lowest BCUT2D eigenvalue weighted by Crippen LogP contribution is -2.62. The van der Waals surface area contributed by atoms with Gasteiger partial charge in [-0.2, -0.15) is 0 Å². The van der Waals surface area contributed by atoms with Crippen LogP contribution in [0.4, 0.5) is 4.39 Å². The molecule has 1 fully saturated rings. The van der Waals surface area contributed by atoms with Crippen LogP contribution < -0.4 is 10.6 Å². The third-order valence-corrected chi connectivity index (χ3v) is 4.65. The monoisotopic (exact) mass is 321 g/mol. The number of nitrogens with one attached hydrogen (secondary N) is 2. The fourth-order valence-electron chi connectivity index (χ4n) is 4.06. The SMILES string of the molecule is CN(C)[C@H](CNC1CC(C)(C)NC(C)(C)C1)c1cccc(F)c1. The molecule has 0 bridgehead atoms. The van der Waals surface area contributed by atoms with Gasteiger partial charge in [0.15, 0.2) is 0 Å². The van der Waals surface area contributed by atoms with E-state index in [1.807, 2.05) is 20.2 Å². The highest BCUT2D eigenvalue weighted by molar-refractivity contribution is 5.20. The summed E-state index contributed by atoms with van der Waals surface area (Å²) in [7, 11) is 4.10. The van der Waals surface area contributed by atoms with E-state index in [9.17, 15) is 4.39 Å². The van der Waals surface area contributed by atoms with E-state index in [0.29, 0.717) is 6.04 Å². The van der Waals surface area contributed by atoms with Crippen LogP contribution in [-0.4, -0.2) is 42.7 Å². The van der Waals surface area contributed by atoms with Crippen molar-refractivity contribution in [3.8, 4) is 0 Å². The molecule has 1 aromatic rings. The maximum atomic E-state index is 13.5. The van der Waals surface area contributed by atoms with Crippen molar-refractivity contribution >= 4 is 0 Å². The molecule has 1 atom stereocenters. The van der Waals surface area contributed by atoms with Crippen molar-refractivity contribution in [3.05, 3.63) is 35.6 Å². The zero-order valence-corrected chi connectivity index (χ0v) is 15.4. The Kier molecular flexibility index (Phi) is 5.49. The predicted octanol–water partition coefficient (Wildman–Crippen LogP) is 3.33. The van der Waals surface area contributed by atoms with Gasteiger partial charge in [0.05, 0.1) is 0 Å². The standard InChI is InChI=1S/C19H32FN3/c1-18(2)11-16(12-19(3,4)22-18)21-13-17(23(5)6)14-8-7-9-15(20)10-14/h7-10,16-17,21-22H,11-13H2,1-6H3/t17-/m1/s1. The van der Waals surface area contributed by atoms with Gasteiger partial charge in [-0.1, -0.05) is 12.1 Å². The molecule has 0 unspecified atom stereocenters. The smallest absolute Gasteiger partial charge is 0.123 e. The molecule has 23 heavy (non-hydrogen) atoms. The van der Waals surface area contributed by atoms with E-state index in [0.717, 1.165) is 24.9 Å². The normalized spacial score (nSPS) is 22.3. The molecular formula is C19H32FN3. The highest BCUT2D eigenvalue weighted by atomic mass is 19.1. The number of halogens is 1. The van der Waals surface area contributed by atoms with Crippen LogP contribution in [0.2, 0.25) is 0 Å². The van der Waals surface area contributed by atoms with Crippen LogP contribution in [0.3, 0.4) is 0 Å². The molecule has 1 aliphatic heterocycles. The maximum Gasteiger partial charge on any atom is 0.123 e. The van der Waals surface area contributed by atoms with Crippen molar-refractivity contribution < 1.29 is 4.39 Å². The largest absolute Gasteiger partial charge is 0.312 e. The number of likely N-dealkylation sites (N-methyl/N-ethyl adjacent to an activating group) is 1. The Balaban J connectivity index is 2.04. The van der Waals surface area contributed by atoms with Crippen molar-refractivity contribution in [1.29, 1.82) is 0 Å². The average molecular weight is 321 g/mol. The molecule has 4 heteroatoms. The summed E-state index contributed by atoms with van der Waals surface area (Å²) in [5, 5.41) is 7.44. The van der Waals surface area contributed by atoms with Crippen molar-refractivity contribution in [2.75, 3.05) is 20.6 Å². The van der Waals surface area contributed by atoms with Crippen LogP contribution in [0.1, 0.15) is 52.1 Å². The number of hydrogen-bond donors (Lipinski definition) is 2. The molecule has 130 valence electrons. The molecule has 0 aliphatic carbocycles. The van der Waals surface area contributed by atoms with E-state index in [1.54, 1.807) is 12.1 Å². The Labute approximate surface area is 140 Å². The highest BCUT2D eigenvalue weighted by Gasteiger charge is 2.37. The van der Waals surface area contributed by atoms with E-state index in [2.05, 4.69) is 43.2 Å². The summed E-state index contributed by atoms with van der Waals surface area (Å²) in [5.41, 5.74) is 1.28. The van der Waals surface area contributed by atoms with E-state index in [1.165, 1.54) is 6.07 Å². The summed E-state index contributed by atoms with van der Waals surface area (Å²) in [4.78, 5) is 2.15. The molecule has 2 N–H and O–H groups in total. The quantitative estimate of drug-likeness (QED) is 0.871. The maximum absolute atomic E-state index is 13.5. The molecular weight excluding hydrogens is 289 g/mol. The van der Waals surface area contributed by atoms with Crippen LogP contribution in [0.5, 0.6) is 0 Å². The first-order valence-electron chi connectivity index (χ1n) is 8.53. The lowest BCUT2D eigenvalue weighted by molar-refractivity contribution is 0.140. The molecule has 0 radical (unpaired) electrons. The zero-order valence-electron chi connectivity index (χ0n) is 15.4. The van der Waals surface area contributed by atoms with Gasteiger partial charge in [0.25, 0.3) is 0 Å². The second-order valence-electron chi connectivity index (χ2n) is 8.44. The van der Waals surface area contributed by atoms with Gasteiger partial charge in [-0.15, -0.1) is 0 Å². The van der Waals surface area contributed by atoms with Crippen molar-refractivity contribution in [3.63, 3.8) is 0 Å². The topological polar surface area (TPSA) is 27.3 Å². The van der Waals surface area contributed by atoms with Crippen LogP contribution in [0.25, 0.3) is 0 Å². The van der Waals surface area contributed by atoms with Gasteiger partial charge in [0.2, 0.25) is 0 Å². The second kappa shape index (κ2) is 6.88. The summed E-state index contributed by atoms with van der Waals surface area (Å²) in [5.74, 6) is -0.168. The Morgan fingerprint density at radius 1 is 1.22 bits per heavy atom. The van der Waals surface area contributed by atoms with Crippen molar-refractivity contribution in [1.82, 2.24) is 15.5 Å². The van der Waals surface area contributed by atoms with Crippen LogP contribution in [0, 0.1) is 5.82 Å². The van der Waals surface area contributed by atoms with Gasteiger partial charge in [-0.25, -0.2) is 4.39 Å². The van der Waals surface area contributed by atoms with Gasteiger partial charge in [-0.3, -0.25) is 0 Å².